The van der Waals surface area contributed by atoms with E-state index in [0.717, 1.165) is 0 Å². The van der Waals surface area contributed by atoms with E-state index in [4.69, 9.17) is 28.3 Å². The summed E-state index contributed by atoms with van der Waals surface area (Å²) in [4.78, 5) is 60.0. The quantitative estimate of drug-likeness (QED) is 0.510. The molecule has 1 aromatic carbocycles. The minimum absolute atomic E-state index is 0.138. The van der Waals surface area contributed by atoms with Gasteiger partial charge in [-0.3, -0.25) is 19.2 Å². The van der Waals surface area contributed by atoms with Gasteiger partial charge in [0.05, 0.1) is 29.6 Å². The van der Waals surface area contributed by atoms with Gasteiger partial charge in [0.15, 0.2) is 0 Å². The van der Waals surface area contributed by atoms with E-state index in [1.807, 2.05) is 0 Å². The molecule has 0 unspecified atom stereocenters. The van der Waals surface area contributed by atoms with Crippen molar-refractivity contribution in [3.05, 3.63) is 33.8 Å². The zero-order valence-corrected chi connectivity index (χ0v) is 16.7. The van der Waals surface area contributed by atoms with Gasteiger partial charge in [-0.15, -0.1) is 0 Å². The zero-order valence-electron chi connectivity index (χ0n) is 15.2. The van der Waals surface area contributed by atoms with Crippen LogP contribution < -0.4 is 10.6 Å². The van der Waals surface area contributed by atoms with Crippen LogP contribution in [0.3, 0.4) is 0 Å². The molecule has 3 amide bonds. The van der Waals surface area contributed by atoms with E-state index < -0.39 is 42.2 Å². The Morgan fingerprint density at radius 1 is 1.28 bits per heavy atom. The number of carboxylic acids is 1. The minimum Gasteiger partial charge on any atom is -0.481 e. The maximum absolute atomic E-state index is 12.5. The number of hydrogen-bond acceptors (Lipinski definition) is 5. The number of carbonyl (C=O) groups is 5. The minimum atomic E-state index is -1.23. The van der Waals surface area contributed by atoms with E-state index in [0.29, 0.717) is 30.7 Å². The van der Waals surface area contributed by atoms with Crippen molar-refractivity contribution >= 4 is 53.2 Å². The standard InChI is InChI=1S/C18H19Cl2N3O6/c19-10-3-4-12(13(20)6-10)17(28)21-8-15(25)23-5-1-2-14(23)18(29)22-11(9-24)7-16(26)27/h3-4,6,9,11,14H,1-2,5,7-8H2,(H,21,28)(H,22,29)(H,26,27)/t11-,14-/m0/s1. The lowest BCUT2D eigenvalue weighted by molar-refractivity contribution is -0.140. The van der Waals surface area contributed by atoms with Crippen molar-refractivity contribution in [3.8, 4) is 0 Å². The van der Waals surface area contributed by atoms with Gasteiger partial charge in [-0.25, -0.2) is 0 Å². The summed E-state index contributed by atoms with van der Waals surface area (Å²) < 4.78 is 0. The largest absolute Gasteiger partial charge is 0.481 e. The second-order valence-corrected chi connectivity index (χ2v) is 7.24. The van der Waals surface area contributed by atoms with Crippen molar-refractivity contribution in [2.75, 3.05) is 13.1 Å². The number of carbonyl (C=O) groups excluding carboxylic acids is 4. The van der Waals surface area contributed by atoms with E-state index in [9.17, 15) is 24.0 Å². The number of halogens is 2. The monoisotopic (exact) mass is 443 g/mol. The molecule has 0 radical (unpaired) electrons. The van der Waals surface area contributed by atoms with Gasteiger partial charge < -0.3 is 25.4 Å². The van der Waals surface area contributed by atoms with Crippen LogP contribution in [0.5, 0.6) is 0 Å². The molecule has 1 heterocycles. The fourth-order valence-electron chi connectivity index (χ4n) is 2.96. The molecule has 29 heavy (non-hydrogen) atoms. The maximum Gasteiger partial charge on any atom is 0.305 e. The average molecular weight is 444 g/mol. The van der Waals surface area contributed by atoms with E-state index in [-0.39, 0.29) is 17.1 Å². The third-order valence-electron chi connectivity index (χ3n) is 4.34. The number of nitrogens with zero attached hydrogens (tertiary/aromatic N) is 1. The van der Waals surface area contributed by atoms with Crippen LogP contribution in [0.15, 0.2) is 18.2 Å². The molecule has 1 fully saturated rings. The molecule has 2 atom stereocenters. The lowest BCUT2D eigenvalue weighted by Crippen LogP contribution is -2.51. The summed E-state index contributed by atoms with van der Waals surface area (Å²) in [6.45, 7) is -0.0486. The smallest absolute Gasteiger partial charge is 0.305 e. The number of nitrogens with one attached hydrogen (secondary N) is 2. The van der Waals surface area contributed by atoms with Gasteiger partial charge in [0.2, 0.25) is 11.8 Å². The van der Waals surface area contributed by atoms with Crippen LogP contribution in [0.4, 0.5) is 0 Å². The van der Waals surface area contributed by atoms with Crippen LogP contribution in [-0.2, 0) is 19.2 Å². The summed E-state index contributed by atoms with van der Waals surface area (Å²) in [6.07, 6.45) is 0.718. The van der Waals surface area contributed by atoms with Crippen molar-refractivity contribution in [1.29, 1.82) is 0 Å². The van der Waals surface area contributed by atoms with Crippen LogP contribution in [0.2, 0.25) is 10.0 Å². The van der Waals surface area contributed by atoms with Crippen molar-refractivity contribution < 1.29 is 29.1 Å². The van der Waals surface area contributed by atoms with Crippen LogP contribution in [0.25, 0.3) is 0 Å². The number of likely N-dealkylation sites (tertiary alicyclic amines) is 1. The molecule has 0 aliphatic carbocycles. The Labute approximate surface area is 176 Å². The first-order valence-electron chi connectivity index (χ1n) is 8.73. The molecule has 9 nitrogen and oxygen atoms in total. The Kier molecular flexibility index (Phi) is 7.98. The maximum atomic E-state index is 12.5. The Bertz CT molecular complexity index is 832. The Hall–Kier alpha value is -2.65. The summed E-state index contributed by atoms with van der Waals surface area (Å²) in [5.74, 6) is -2.89. The highest BCUT2D eigenvalue weighted by molar-refractivity contribution is 6.36. The molecule has 11 heteroatoms. The number of hydrogen-bond donors (Lipinski definition) is 3. The van der Waals surface area contributed by atoms with Crippen LogP contribution in [0.1, 0.15) is 29.6 Å². The van der Waals surface area contributed by atoms with Crippen molar-refractivity contribution in [3.63, 3.8) is 0 Å². The highest BCUT2D eigenvalue weighted by Crippen LogP contribution is 2.21. The summed E-state index contributed by atoms with van der Waals surface area (Å²) in [7, 11) is 0. The summed E-state index contributed by atoms with van der Waals surface area (Å²) in [5, 5.41) is 14.0. The van der Waals surface area contributed by atoms with E-state index in [1.165, 1.54) is 23.1 Å². The number of aliphatic carboxylic acids is 1. The topological polar surface area (TPSA) is 133 Å². The van der Waals surface area contributed by atoms with Gasteiger partial charge in [-0.2, -0.15) is 0 Å². The summed E-state index contributed by atoms with van der Waals surface area (Å²) >= 11 is 11.8. The molecule has 1 aliphatic heterocycles. The predicted octanol–water partition coefficient (Wildman–Crippen LogP) is 0.873. The molecule has 156 valence electrons. The number of aldehydes is 1. The highest BCUT2D eigenvalue weighted by Gasteiger charge is 2.35. The molecule has 1 aliphatic rings. The molecule has 0 saturated carbocycles. The second kappa shape index (κ2) is 10.2. The molecule has 0 aromatic heterocycles. The SMILES string of the molecule is O=C[C@H](CC(=O)O)NC(=O)[C@@H]1CCCN1C(=O)CNC(=O)c1ccc(Cl)cc1Cl. The molecule has 3 N–H and O–H groups in total. The van der Waals surface area contributed by atoms with Crippen LogP contribution >= 0.6 is 23.2 Å². The fourth-order valence-corrected chi connectivity index (χ4v) is 3.46. The Morgan fingerprint density at radius 2 is 2.00 bits per heavy atom. The number of benzene rings is 1. The molecule has 1 saturated heterocycles. The predicted molar refractivity (Wildman–Crippen MR) is 104 cm³/mol. The van der Waals surface area contributed by atoms with Gasteiger partial charge in [0.1, 0.15) is 12.3 Å². The summed E-state index contributed by atoms with van der Waals surface area (Å²) in [6, 6.07) is 2.31. The highest BCUT2D eigenvalue weighted by atomic mass is 35.5. The third kappa shape index (κ3) is 6.16. The lowest BCUT2D eigenvalue weighted by atomic mass is 10.1. The Morgan fingerprint density at radius 3 is 2.62 bits per heavy atom. The summed E-state index contributed by atoms with van der Waals surface area (Å²) in [5.41, 5.74) is 0.155. The van der Waals surface area contributed by atoms with Crippen molar-refractivity contribution in [2.24, 2.45) is 0 Å². The molecular formula is C18H19Cl2N3O6. The third-order valence-corrected chi connectivity index (χ3v) is 4.89. The number of carboxylic acid groups (broad SMARTS) is 1. The lowest BCUT2D eigenvalue weighted by Gasteiger charge is -2.25. The molecule has 1 aromatic rings. The van der Waals surface area contributed by atoms with E-state index >= 15 is 0 Å². The van der Waals surface area contributed by atoms with Gasteiger partial charge in [0.25, 0.3) is 5.91 Å². The molecular weight excluding hydrogens is 425 g/mol. The number of amides is 3. The van der Waals surface area contributed by atoms with E-state index in [2.05, 4.69) is 10.6 Å². The first-order chi connectivity index (χ1) is 13.7. The van der Waals surface area contributed by atoms with Gasteiger partial charge in [-0.1, -0.05) is 23.2 Å². The first kappa shape index (κ1) is 22.6. The van der Waals surface area contributed by atoms with Gasteiger partial charge >= 0.3 is 5.97 Å². The van der Waals surface area contributed by atoms with Gasteiger partial charge in [0, 0.05) is 11.6 Å². The molecule has 0 spiro atoms. The van der Waals surface area contributed by atoms with Crippen molar-refractivity contribution in [2.45, 2.75) is 31.3 Å². The normalized spacial score (nSPS) is 16.8. The number of rotatable bonds is 8. The second-order valence-electron chi connectivity index (χ2n) is 6.40. The zero-order chi connectivity index (χ0) is 21.6. The van der Waals surface area contributed by atoms with Crippen LogP contribution in [-0.4, -0.2) is 65.2 Å². The molecule has 2 rings (SSSR count). The Balaban J connectivity index is 1.95. The van der Waals surface area contributed by atoms with Crippen molar-refractivity contribution in [1.82, 2.24) is 15.5 Å². The fraction of sp³-hybridized carbons (Fsp3) is 0.389. The average Bonchev–Trinajstić information content (AvgIpc) is 3.15. The van der Waals surface area contributed by atoms with E-state index in [1.54, 1.807) is 0 Å². The van der Waals surface area contributed by atoms with Crippen LogP contribution in [0, 0.1) is 0 Å². The molecule has 0 bridgehead atoms. The van der Waals surface area contributed by atoms with Gasteiger partial charge in [-0.05, 0) is 31.0 Å². The first-order valence-corrected chi connectivity index (χ1v) is 9.48.